The molecule has 2 N–H and O–H groups in total. The maximum Gasteiger partial charge on any atom is 0.326 e. The van der Waals surface area contributed by atoms with Crippen LogP contribution in [-0.4, -0.2) is 18.5 Å². The van der Waals surface area contributed by atoms with E-state index in [1.807, 2.05) is 59.5 Å². The van der Waals surface area contributed by atoms with Crippen molar-refractivity contribution in [2.75, 3.05) is 16.8 Å². The highest BCUT2D eigenvalue weighted by Crippen LogP contribution is 2.26. The smallest absolute Gasteiger partial charge is 0.326 e. The number of urea groups is 1. The predicted octanol–water partition coefficient (Wildman–Crippen LogP) is 5.57. The SMILES string of the molecule is O=C(Cc1ccc(NC(=O)N2CCCCc3ccccc32)cc1)NCc1ccc(Cl)cc1. The first-order valence-electron chi connectivity index (χ1n) is 10.8. The van der Waals surface area contributed by atoms with Gasteiger partial charge in [0.05, 0.1) is 6.42 Å². The van der Waals surface area contributed by atoms with E-state index in [0.717, 1.165) is 36.1 Å². The number of rotatable bonds is 5. The Kier molecular flexibility index (Phi) is 7.07. The van der Waals surface area contributed by atoms with Crippen LogP contribution in [0.4, 0.5) is 16.2 Å². The fourth-order valence-electron chi connectivity index (χ4n) is 3.85. The minimum atomic E-state index is -0.132. The number of carbonyl (C=O) groups is 2. The number of amides is 3. The topological polar surface area (TPSA) is 61.4 Å². The van der Waals surface area contributed by atoms with Crippen LogP contribution in [-0.2, 0) is 24.2 Å². The van der Waals surface area contributed by atoms with Crippen molar-refractivity contribution in [2.24, 2.45) is 0 Å². The molecule has 3 aromatic rings. The molecule has 0 bridgehead atoms. The Labute approximate surface area is 193 Å². The van der Waals surface area contributed by atoms with E-state index in [9.17, 15) is 9.59 Å². The lowest BCUT2D eigenvalue weighted by atomic mass is 10.1. The molecule has 0 saturated carbocycles. The van der Waals surface area contributed by atoms with E-state index in [1.54, 1.807) is 12.1 Å². The van der Waals surface area contributed by atoms with Crippen molar-refractivity contribution >= 4 is 34.9 Å². The van der Waals surface area contributed by atoms with Gasteiger partial charge in [0.1, 0.15) is 0 Å². The van der Waals surface area contributed by atoms with Crippen molar-refractivity contribution < 1.29 is 9.59 Å². The number of hydrogen-bond donors (Lipinski definition) is 2. The number of nitrogens with one attached hydrogen (secondary N) is 2. The predicted molar refractivity (Wildman–Crippen MR) is 129 cm³/mol. The summed E-state index contributed by atoms with van der Waals surface area (Å²) in [5.41, 5.74) is 4.78. The molecule has 0 unspecified atom stereocenters. The Bertz CT molecular complexity index is 1080. The van der Waals surface area contributed by atoms with Gasteiger partial charge in [-0.25, -0.2) is 4.79 Å². The highest BCUT2D eigenvalue weighted by atomic mass is 35.5. The van der Waals surface area contributed by atoms with Gasteiger partial charge in [0.15, 0.2) is 0 Å². The first kappa shape index (κ1) is 21.9. The summed E-state index contributed by atoms with van der Waals surface area (Å²) < 4.78 is 0. The average Bonchev–Trinajstić information content (AvgIpc) is 3.03. The van der Waals surface area contributed by atoms with Gasteiger partial charge in [-0.1, -0.05) is 54.1 Å². The van der Waals surface area contributed by atoms with Crippen LogP contribution in [0.2, 0.25) is 5.02 Å². The molecule has 4 rings (SSSR count). The van der Waals surface area contributed by atoms with Gasteiger partial charge in [-0.2, -0.15) is 0 Å². The zero-order chi connectivity index (χ0) is 22.3. The molecule has 0 aliphatic carbocycles. The molecule has 0 radical (unpaired) electrons. The van der Waals surface area contributed by atoms with Crippen LogP contribution in [0.15, 0.2) is 72.8 Å². The summed E-state index contributed by atoms with van der Waals surface area (Å²) in [6, 6.07) is 22.8. The Balaban J connectivity index is 1.32. The molecule has 1 heterocycles. The summed E-state index contributed by atoms with van der Waals surface area (Å²) in [5.74, 6) is -0.0575. The van der Waals surface area contributed by atoms with Gasteiger partial charge in [0.2, 0.25) is 5.91 Å². The molecular weight excluding hydrogens is 422 g/mol. The second kappa shape index (κ2) is 10.3. The number of para-hydroxylation sites is 1. The van der Waals surface area contributed by atoms with E-state index >= 15 is 0 Å². The van der Waals surface area contributed by atoms with Crippen molar-refractivity contribution in [3.05, 3.63) is 94.5 Å². The van der Waals surface area contributed by atoms with E-state index in [0.29, 0.717) is 23.8 Å². The normalized spacial score (nSPS) is 13.1. The summed E-state index contributed by atoms with van der Waals surface area (Å²) >= 11 is 5.88. The van der Waals surface area contributed by atoms with Crippen LogP contribution in [0.3, 0.4) is 0 Å². The molecule has 1 aliphatic rings. The van der Waals surface area contributed by atoms with Gasteiger partial charge >= 0.3 is 6.03 Å². The zero-order valence-electron chi connectivity index (χ0n) is 17.8. The summed E-state index contributed by atoms with van der Waals surface area (Å²) in [5, 5.41) is 6.57. The van der Waals surface area contributed by atoms with Crippen LogP contribution < -0.4 is 15.5 Å². The van der Waals surface area contributed by atoms with E-state index in [4.69, 9.17) is 11.6 Å². The third-order valence-electron chi connectivity index (χ3n) is 5.58. The fourth-order valence-corrected chi connectivity index (χ4v) is 3.98. The summed E-state index contributed by atoms with van der Waals surface area (Å²) in [6.45, 7) is 1.16. The number of aryl methyl sites for hydroxylation is 1. The average molecular weight is 448 g/mol. The maximum atomic E-state index is 12.9. The molecule has 0 atom stereocenters. The highest BCUT2D eigenvalue weighted by molar-refractivity contribution is 6.30. The van der Waals surface area contributed by atoms with Crippen LogP contribution in [0.25, 0.3) is 0 Å². The second-order valence-electron chi connectivity index (χ2n) is 7.94. The van der Waals surface area contributed by atoms with Crippen molar-refractivity contribution in [3.63, 3.8) is 0 Å². The first-order valence-corrected chi connectivity index (χ1v) is 11.2. The van der Waals surface area contributed by atoms with Crippen molar-refractivity contribution in [2.45, 2.75) is 32.2 Å². The second-order valence-corrected chi connectivity index (χ2v) is 8.38. The lowest BCUT2D eigenvalue weighted by Gasteiger charge is -2.23. The summed E-state index contributed by atoms with van der Waals surface area (Å²) in [4.78, 5) is 27.0. The lowest BCUT2D eigenvalue weighted by Crippen LogP contribution is -2.35. The van der Waals surface area contributed by atoms with E-state index in [-0.39, 0.29) is 18.4 Å². The van der Waals surface area contributed by atoms with Gasteiger partial charge in [-0.05, 0) is 66.3 Å². The molecule has 3 amide bonds. The van der Waals surface area contributed by atoms with Gasteiger partial charge in [-0.15, -0.1) is 0 Å². The number of carbonyl (C=O) groups excluding carboxylic acids is 2. The molecule has 0 fully saturated rings. The number of fused-ring (bicyclic) bond motifs is 1. The number of anilines is 2. The van der Waals surface area contributed by atoms with Gasteiger partial charge < -0.3 is 10.6 Å². The van der Waals surface area contributed by atoms with Crippen molar-refractivity contribution in [3.8, 4) is 0 Å². The monoisotopic (exact) mass is 447 g/mol. The van der Waals surface area contributed by atoms with Gasteiger partial charge in [-0.3, -0.25) is 9.69 Å². The number of halogens is 1. The van der Waals surface area contributed by atoms with Crippen LogP contribution in [0, 0.1) is 0 Å². The summed E-state index contributed by atoms with van der Waals surface area (Å²) in [6.07, 6.45) is 3.33. The minimum absolute atomic E-state index is 0.0575. The van der Waals surface area contributed by atoms with Crippen LogP contribution in [0.5, 0.6) is 0 Å². The number of nitrogens with zero attached hydrogens (tertiary/aromatic N) is 1. The third kappa shape index (κ3) is 5.68. The fraction of sp³-hybridized carbons (Fsp3) is 0.231. The minimum Gasteiger partial charge on any atom is -0.352 e. The van der Waals surface area contributed by atoms with E-state index in [2.05, 4.69) is 16.7 Å². The third-order valence-corrected chi connectivity index (χ3v) is 5.83. The largest absolute Gasteiger partial charge is 0.352 e. The molecule has 5 nitrogen and oxygen atoms in total. The molecular formula is C26H26ClN3O2. The summed E-state index contributed by atoms with van der Waals surface area (Å²) in [7, 11) is 0. The lowest BCUT2D eigenvalue weighted by molar-refractivity contribution is -0.120. The molecule has 3 aromatic carbocycles. The molecule has 0 spiro atoms. The van der Waals surface area contributed by atoms with Crippen molar-refractivity contribution in [1.29, 1.82) is 0 Å². The van der Waals surface area contributed by atoms with Gasteiger partial charge in [0.25, 0.3) is 0 Å². The maximum absolute atomic E-state index is 12.9. The van der Waals surface area contributed by atoms with Crippen LogP contribution in [0.1, 0.15) is 29.5 Å². The Hall–Kier alpha value is -3.31. The van der Waals surface area contributed by atoms with Crippen LogP contribution >= 0.6 is 11.6 Å². The zero-order valence-corrected chi connectivity index (χ0v) is 18.6. The Morgan fingerprint density at radius 1 is 0.875 bits per heavy atom. The Morgan fingerprint density at radius 3 is 2.38 bits per heavy atom. The standard InChI is InChI=1S/C26H26ClN3O2/c27-22-12-8-20(9-13-22)18-28-25(31)17-19-10-14-23(15-11-19)29-26(32)30-16-4-3-6-21-5-1-2-7-24(21)30/h1-2,5,7-15H,3-4,6,16-18H2,(H,28,31)(H,29,32). The molecule has 0 aromatic heterocycles. The Morgan fingerprint density at radius 2 is 1.59 bits per heavy atom. The highest BCUT2D eigenvalue weighted by Gasteiger charge is 2.20. The molecule has 1 aliphatic heterocycles. The molecule has 164 valence electrons. The van der Waals surface area contributed by atoms with E-state index < -0.39 is 0 Å². The molecule has 32 heavy (non-hydrogen) atoms. The van der Waals surface area contributed by atoms with E-state index in [1.165, 1.54) is 5.56 Å². The first-order chi connectivity index (χ1) is 15.6. The number of benzene rings is 3. The molecule has 6 heteroatoms. The van der Waals surface area contributed by atoms with Crippen molar-refractivity contribution in [1.82, 2.24) is 5.32 Å². The quantitative estimate of drug-likeness (QED) is 0.536. The number of hydrogen-bond acceptors (Lipinski definition) is 2. The molecule has 0 saturated heterocycles. The van der Waals surface area contributed by atoms with Gasteiger partial charge in [0, 0.05) is 29.5 Å².